The molecule has 4 aromatic rings. The number of aryl methyl sites for hydroxylation is 2. The number of hydrogen-bond donors (Lipinski definition) is 2. The van der Waals surface area contributed by atoms with Crippen LogP contribution >= 0.6 is 0 Å². The Bertz CT molecular complexity index is 1270. The van der Waals surface area contributed by atoms with Gasteiger partial charge in [-0.25, -0.2) is 0 Å². The zero-order chi connectivity index (χ0) is 22.0. The van der Waals surface area contributed by atoms with E-state index >= 15 is 0 Å². The first-order valence-corrected chi connectivity index (χ1v) is 9.99. The largest absolute Gasteiger partial charge is 0.481 e. The molecule has 0 aliphatic carbocycles. The maximum atomic E-state index is 12.7. The van der Waals surface area contributed by atoms with Gasteiger partial charge in [-0.3, -0.25) is 19.0 Å². The van der Waals surface area contributed by atoms with Crippen LogP contribution in [0.3, 0.4) is 0 Å². The molecule has 0 radical (unpaired) electrons. The van der Waals surface area contributed by atoms with Crippen LogP contribution < -0.4 is 5.32 Å². The summed E-state index contributed by atoms with van der Waals surface area (Å²) in [6.45, 7) is 4.58. The molecule has 31 heavy (non-hydrogen) atoms. The lowest BCUT2D eigenvalue weighted by molar-refractivity contribution is -0.137. The number of anilines is 1. The maximum absolute atomic E-state index is 12.7. The topological polar surface area (TPSA) is 102 Å². The fourth-order valence-corrected chi connectivity index (χ4v) is 3.62. The molecule has 4 rings (SSSR count). The summed E-state index contributed by atoms with van der Waals surface area (Å²) in [6, 6.07) is 16.0. The van der Waals surface area contributed by atoms with Crippen LogP contribution in [0.25, 0.3) is 10.8 Å². The van der Waals surface area contributed by atoms with Gasteiger partial charge in [0.1, 0.15) is 0 Å². The highest BCUT2D eigenvalue weighted by atomic mass is 16.4. The van der Waals surface area contributed by atoms with E-state index in [0.29, 0.717) is 12.2 Å². The molecule has 0 fully saturated rings. The van der Waals surface area contributed by atoms with Gasteiger partial charge in [0, 0.05) is 6.20 Å². The van der Waals surface area contributed by atoms with E-state index in [1.807, 2.05) is 36.7 Å². The first-order valence-electron chi connectivity index (χ1n) is 9.99. The van der Waals surface area contributed by atoms with E-state index in [2.05, 4.69) is 39.8 Å². The number of rotatable bonds is 7. The standard InChI is InChI=1S/C23H23N5O3/c1-15-22(24-23(31)20-10-12-27(26-20)13-11-21(29)30)16(2)28(25-15)14-18-8-5-7-17-6-3-4-9-19(17)18/h3-10,12H,11,13-14H2,1-2H3,(H,24,31)(H,29,30). The van der Waals surface area contributed by atoms with E-state index in [1.54, 1.807) is 12.3 Å². The molecule has 2 N–H and O–H groups in total. The second-order valence-electron chi connectivity index (χ2n) is 7.40. The Balaban J connectivity index is 1.53. The quantitative estimate of drug-likeness (QED) is 0.478. The normalized spacial score (nSPS) is 11.0. The Morgan fingerprint density at radius 2 is 1.81 bits per heavy atom. The monoisotopic (exact) mass is 417 g/mol. The molecule has 2 aromatic heterocycles. The van der Waals surface area contributed by atoms with E-state index in [-0.39, 0.29) is 24.6 Å². The predicted octanol–water partition coefficient (Wildman–Crippen LogP) is 3.62. The minimum Gasteiger partial charge on any atom is -0.481 e. The highest BCUT2D eigenvalue weighted by molar-refractivity contribution is 6.03. The van der Waals surface area contributed by atoms with Crippen molar-refractivity contribution in [2.45, 2.75) is 33.4 Å². The number of amides is 1. The third-order valence-corrected chi connectivity index (χ3v) is 5.25. The van der Waals surface area contributed by atoms with E-state index in [0.717, 1.165) is 17.0 Å². The summed E-state index contributed by atoms with van der Waals surface area (Å²) < 4.78 is 3.34. The van der Waals surface area contributed by atoms with E-state index < -0.39 is 5.97 Å². The molecule has 0 aliphatic heterocycles. The molecule has 0 saturated heterocycles. The van der Waals surface area contributed by atoms with Gasteiger partial charge in [-0.1, -0.05) is 42.5 Å². The van der Waals surface area contributed by atoms with Crippen molar-refractivity contribution in [1.82, 2.24) is 19.6 Å². The van der Waals surface area contributed by atoms with Gasteiger partial charge in [0.25, 0.3) is 5.91 Å². The molecular formula is C23H23N5O3. The third-order valence-electron chi connectivity index (χ3n) is 5.25. The average Bonchev–Trinajstić information content (AvgIpc) is 3.33. The number of nitrogens with zero attached hydrogens (tertiary/aromatic N) is 4. The molecule has 1 amide bonds. The van der Waals surface area contributed by atoms with Gasteiger partial charge in [-0.05, 0) is 36.2 Å². The molecule has 0 spiro atoms. The number of aromatic nitrogens is 4. The number of carbonyl (C=O) groups excluding carboxylic acids is 1. The SMILES string of the molecule is Cc1nn(Cc2cccc3ccccc23)c(C)c1NC(=O)c1ccn(CCC(=O)O)n1. The van der Waals surface area contributed by atoms with Crippen LogP contribution in [-0.4, -0.2) is 36.5 Å². The Kier molecular flexibility index (Phi) is 5.53. The van der Waals surface area contributed by atoms with Crippen molar-refractivity contribution in [3.8, 4) is 0 Å². The predicted molar refractivity (Wildman–Crippen MR) is 117 cm³/mol. The number of aliphatic carboxylic acids is 1. The van der Waals surface area contributed by atoms with Gasteiger partial charge in [-0.2, -0.15) is 10.2 Å². The second-order valence-corrected chi connectivity index (χ2v) is 7.40. The second kappa shape index (κ2) is 8.43. The molecule has 0 unspecified atom stereocenters. The first kappa shape index (κ1) is 20.3. The Morgan fingerprint density at radius 3 is 2.61 bits per heavy atom. The molecule has 2 aromatic carbocycles. The summed E-state index contributed by atoms with van der Waals surface area (Å²) >= 11 is 0. The molecule has 8 heteroatoms. The number of carboxylic acid groups (broad SMARTS) is 1. The third kappa shape index (κ3) is 4.32. The van der Waals surface area contributed by atoms with Crippen molar-refractivity contribution >= 4 is 28.3 Å². The summed E-state index contributed by atoms with van der Waals surface area (Å²) in [7, 11) is 0. The molecular weight excluding hydrogens is 394 g/mol. The van der Waals surface area contributed by atoms with Crippen molar-refractivity contribution in [3.05, 3.63) is 77.4 Å². The lowest BCUT2D eigenvalue weighted by Gasteiger charge is -2.09. The lowest BCUT2D eigenvalue weighted by Crippen LogP contribution is -2.15. The van der Waals surface area contributed by atoms with Crippen molar-refractivity contribution in [2.75, 3.05) is 5.32 Å². The fraction of sp³-hybridized carbons (Fsp3) is 0.217. The van der Waals surface area contributed by atoms with Crippen LogP contribution in [0.1, 0.15) is 33.9 Å². The molecule has 0 bridgehead atoms. The fourth-order valence-electron chi connectivity index (χ4n) is 3.62. The first-order chi connectivity index (χ1) is 14.9. The van der Waals surface area contributed by atoms with Crippen LogP contribution in [0, 0.1) is 13.8 Å². The summed E-state index contributed by atoms with van der Waals surface area (Å²) in [5.74, 6) is -1.27. The number of benzene rings is 2. The van der Waals surface area contributed by atoms with Crippen LogP contribution in [0.2, 0.25) is 0 Å². The van der Waals surface area contributed by atoms with Crippen molar-refractivity contribution in [2.24, 2.45) is 0 Å². The number of nitrogens with one attached hydrogen (secondary N) is 1. The molecule has 8 nitrogen and oxygen atoms in total. The number of hydrogen-bond acceptors (Lipinski definition) is 4. The number of carboxylic acids is 1. The Labute approximate surface area is 179 Å². The maximum Gasteiger partial charge on any atom is 0.305 e. The minimum absolute atomic E-state index is 0.0537. The number of carbonyl (C=O) groups is 2. The smallest absolute Gasteiger partial charge is 0.305 e. The van der Waals surface area contributed by atoms with E-state index in [1.165, 1.54) is 15.5 Å². The Hall–Kier alpha value is -3.94. The van der Waals surface area contributed by atoms with Crippen molar-refractivity contribution in [1.29, 1.82) is 0 Å². The summed E-state index contributed by atoms with van der Waals surface area (Å²) in [5.41, 5.74) is 3.61. The van der Waals surface area contributed by atoms with Gasteiger partial charge in [0.05, 0.1) is 36.6 Å². The number of fused-ring (bicyclic) bond motifs is 1. The van der Waals surface area contributed by atoms with Crippen LogP contribution in [0.5, 0.6) is 0 Å². The molecule has 0 aliphatic rings. The molecule has 0 atom stereocenters. The van der Waals surface area contributed by atoms with E-state index in [4.69, 9.17) is 5.11 Å². The lowest BCUT2D eigenvalue weighted by atomic mass is 10.0. The van der Waals surface area contributed by atoms with E-state index in [9.17, 15) is 9.59 Å². The average molecular weight is 417 g/mol. The van der Waals surface area contributed by atoms with Crippen LogP contribution in [0.15, 0.2) is 54.7 Å². The minimum atomic E-state index is -0.911. The van der Waals surface area contributed by atoms with Gasteiger partial charge in [0.15, 0.2) is 5.69 Å². The zero-order valence-electron chi connectivity index (χ0n) is 17.4. The van der Waals surface area contributed by atoms with Crippen LogP contribution in [-0.2, 0) is 17.9 Å². The Morgan fingerprint density at radius 1 is 1.03 bits per heavy atom. The summed E-state index contributed by atoms with van der Waals surface area (Å²) in [5, 5.41) is 22.8. The summed E-state index contributed by atoms with van der Waals surface area (Å²) in [4.78, 5) is 23.4. The summed E-state index contributed by atoms with van der Waals surface area (Å²) in [6.07, 6.45) is 1.55. The highest BCUT2D eigenvalue weighted by Crippen LogP contribution is 2.24. The molecule has 158 valence electrons. The highest BCUT2D eigenvalue weighted by Gasteiger charge is 2.17. The van der Waals surface area contributed by atoms with Gasteiger partial charge in [-0.15, -0.1) is 0 Å². The van der Waals surface area contributed by atoms with Crippen LogP contribution in [0.4, 0.5) is 5.69 Å². The van der Waals surface area contributed by atoms with Crippen molar-refractivity contribution < 1.29 is 14.7 Å². The molecule has 0 saturated carbocycles. The van der Waals surface area contributed by atoms with Gasteiger partial charge >= 0.3 is 5.97 Å². The molecule has 2 heterocycles. The van der Waals surface area contributed by atoms with Gasteiger partial charge < -0.3 is 10.4 Å². The van der Waals surface area contributed by atoms with Gasteiger partial charge in [0.2, 0.25) is 0 Å². The van der Waals surface area contributed by atoms with Crippen molar-refractivity contribution in [3.63, 3.8) is 0 Å². The zero-order valence-corrected chi connectivity index (χ0v) is 17.4.